The number of hydrogen-bond donors (Lipinski definition) is 0. The topological polar surface area (TPSA) is 78.0 Å². The Morgan fingerprint density at radius 1 is 1.04 bits per heavy atom. The molecule has 2 saturated heterocycles. The Labute approximate surface area is 144 Å². The predicted molar refractivity (Wildman–Crippen MR) is 92.3 cm³/mol. The highest BCUT2D eigenvalue weighted by Gasteiger charge is 2.41. The molecule has 0 aromatic rings. The number of likely N-dealkylation sites (tertiary alicyclic amines) is 1. The molecular formula is C16H29N3O4S. The van der Waals surface area contributed by atoms with Crippen molar-refractivity contribution < 1.29 is 18.0 Å². The summed E-state index contributed by atoms with van der Waals surface area (Å²) in [6.45, 7) is 6.00. The monoisotopic (exact) mass is 359 g/mol. The van der Waals surface area contributed by atoms with E-state index < -0.39 is 9.84 Å². The molecule has 2 rings (SSSR count). The highest BCUT2D eigenvalue weighted by molar-refractivity contribution is 7.90. The van der Waals surface area contributed by atoms with Crippen molar-refractivity contribution in [1.82, 2.24) is 14.7 Å². The van der Waals surface area contributed by atoms with E-state index in [1.165, 1.54) is 0 Å². The summed E-state index contributed by atoms with van der Waals surface area (Å²) in [6, 6.07) is 0. The lowest BCUT2D eigenvalue weighted by Crippen LogP contribution is -2.45. The third-order valence-electron chi connectivity index (χ3n) is 5.00. The molecule has 1 atom stereocenters. The maximum Gasteiger partial charge on any atom is 0.229 e. The minimum atomic E-state index is -3.13. The summed E-state index contributed by atoms with van der Waals surface area (Å²) in [5.74, 6) is -0.0751. The van der Waals surface area contributed by atoms with Crippen LogP contribution >= 0.6 is 0 Å². The Hall–Kier alpha value is -1.15. The molecular weight excluding hydrogens is 330 g/mol. The quantitative estimate of drug-likeness (QED) is 0.696. The van der Waals surface area contributed by atoms with E-state index in [1.807, 2.05) is 18.9 Å². The molecule has 2 aliphatic heterocycles. The first kappa shape index (κ1) is 19.2. The summed E-state index contributed by atoms with van der Waals surface area (Å²) in [7, 11) is -1.10. The van der Waals surface area contributed by atoms with Crippen LogP contribution in [0.15, 0.2) is 0 Å². The third kappa shape index (κ3) is 4.92. The lowest BCUT2D eigenvalue weighted by molar-refractivity contribution is -0.141. The van der Waals surface area contributed by atoms with E-state index in [9.17, 15) is 18.0 Å². The van der Waals surface area contributed by atoms with E-state index in [-0.39, 0.29) is 29.4 Å². The minimum absolute atomic E-state index is 0.0231. The smallest absolute Gasteiger partial charge is 0.229 e. The van der Waals surface area contributed by atoms with Gasteiger partial charge in [0.1, 0.15) is 9.84 Å². The van der Waals surface area contributed by atoms with Crippen LogP contribution < -0.4 is 0 Å². The maximum atomic E-state index is 12.9. The molecule has 0 aliphatic carbocycles. The first-order chi connectivity index (χ1) is 11.1. The van der Waals surface area contributed by atoms with Crippen LogP contribution in [-0.4, -0.2) is 93.3 Å². The first-order valence-corrected chi connectivity index (χ1v) is 10.6. The zero-order valence-corrected chi connectivity index (χ0v) is 15.8. The summed E-state index contributed by atoms with van der Waals surface area (Å²) in [5, 5.41) is 0. The Kier molecular flexibility index (Phi) is 5.91. The van der Waals surface area contributed by atoms with Gasteiger partial charge < -0.3 is 14.7 Å². The van der Waals surface area contributed by atoms with E-state index in [1.54, 1.807) is 4.90 Å². The number of carbonyl (C=O) groups is 2. The summed E-state index contributed by atoms with van der Waals surface area (Å²) in [5.41, 5.74) is -0.329. The Bertz CT molecular complexity index is 592. The van der Waals surface area contributed by atoms with Crippen LogP contribution in [-0.2, 0) is 19.4 Å². The fraction of sp³-hybridized carbons (Fsp3) is 0.875. The van der Waals surface area contributed by atoms with Gasteiger partial charge in [-0.2, -0.15) is 0 Å². The van der Waals surface area contributed by atoms with Crippen LogP contribution in [0, 0.1) is 5.41 Å². The van der Waals surface area contributed by atoms with Crippen LogP contribution in [0.1, 0.15) is 26.2 Å². The zero-order chi connectivity index (χ0) is 18.0. The summed E-state index contributed by atoms with van der Waals surface area (Å²) < 4.78 is 22.4. The third-order valence-corrected chi connectivity index (χ3v) is 5.95. The normalized spacial score (nSPS) is 26.5. The highest BCUT2D eigenvalue weighted by Crippen LogP contribution is 2.31. The Balaban J connectivity index is 1.90. The van der Waals surface area contributed by atoms with E-state index >= 15 is 0 Å². The predicted octanol–water partition coefficient (Wildman–Crippen LogP) is -0.176. The average Bonchev–Trinajstić information content (AvgIpc) is 2.72. The summed E-state index contributed by atoms with van der Waals surface area (Å²) >= 11 is 0. The van der Waals surface area contributed by atoms with Crippen LogP contribution in [0.3, 0.4) is 0 Å². The van der Waals surface area contributed by atoms with Crippen molar-refractivity contribution in [3.8, 4) is 0 Å². The fourth-order valence-corrected chi connectivity index (χ4v) is 4.09. The average molecular weight is 359 g/mol. The highest BCUT2D eigenvalue weighted by atomic mass is 32.2. The van der Waals surface area contributed by atoms with Gasteiger partial charge in [0.25, 0.3) is 0 Å². The molecule has 0 radical (unpaired) electrons. The molecule has 0 bridgehead atoms. The molecule has 0 spiro atoms. The van der Waals surface area contributed by atoms with Crippen LogP contribution in [0.2, 0.25) is 0 Å². The number of hydrogen-bond acceptors (Lipinski definition) is 5. The van der Waals surface area contributed by atoms with E-state index in [0.717, 1.165) is 32.2 Å². The lowest BCUT2D eigenvalue weighted by atomic mass is 9.88. The molecule has 2 fully saturated rings. The van der Waals surface area contributed by atoms with Crippen LogP contribution in [0.25, 0.3) is 0 Å². The van der Waals surface area contributed by atoms with Crippen molar-refractivity contribution in [2.24, 2.45) is 5.41 Å². The number of carbonyl (C=O) groups excluding carboxylic acids is 2. The van der Waals surface area contributed by atoms with E-state index in [2.05, 4.69) is 4.90 Å². The molecule has 1 unspecified atom stereocenters. The molecule has 7 nitrogen and oxygen atoms in total. The van der Waals surface area contributed by atoms with Gasteiger partial charge in [-0.3, -0.25) is 9.59 Å². The SMILES string of the molecule is CN1CCC(C)(C(=O)N2CCCN(C(=O)CCS(C)(=O)=O)CC2)C1. The summed E-state index contributed by atoms with van der Waals surface area (Å²) in [6.07, 6.45) is 2.77. The van der Waals surface area contributed by atoms with Crippen molar-refractivity contribution in [3.63, 3.8) is 0 Å². The second kappa shape index (κ2) is 7.39. The second-order valence-electron chi connectivity index (χ2n) is 7.45. The van der Waals surface area contributed by atoms with Gasteiger partial charge in [0.2, 0.25) is 11.8 Å². The van der Waals surface area contributed by atoms with Gasteiger partial charge in [0, 0.05) is 45.4 Å². The number of rotatable bonds is 4. The van der Waals surface area contributed by atoms with Gasteiger partial charge in [-0.15, -0.1) is 0 Å². The van der Waals surface area contributed by atoms with Gasteiger partial charge >= 0.3 is 0 Å². The number of amides is 2. The Morgan fingerprint density at radius 2 is 1.67 bits per heavy atom. The van der Waals surface area contributed by atoms with E-state index in [4.69, 9.17) is 0 Å². The molecule has 0 N–H and O–H groups in total. The summed E-state index contributed by atoms with van der Waals surface area (Å²) in [4.78, 5) is 30.8. The van der Waals surface area contributed by atoms with Gasteiger partial charge in [0.05, 0.1) is 11.2 Å². The molecule has 2 aliphatic rings. The number of nitrogens with zero attached hydrogens (tertiary/aromatic N) is 3. The van der Waals surface area contributed by atoms with Crippen molar-refractivity contribution >= 4 is 21.7 Å². The molecule has 0 aromatic carbocycles. The molecule has 0 saturated carbocycles. The first-order valence-electron chi connectivity index (χ1n) is 8.54. The van der Waals surface area contributed by atoms with Gasteiger partial charge in [-0.05, 0) is 33.4 Å². The van der Waals surface area contributed by atoms with Crippen molar-refractivity contribution in [2.75, 3.05) is 58.3 Å². The van der Waals surface area contributed by atoms with Gasteiger partial charge in [-0.1, -0.05) is 0 Å². The lowest BCUT2D eigenvalue weighted by Gasteiger charge is -2.31. The molecule has 24 heavy (non-hydrogen) atoms. The Morgan fingerprint density at radius 3 is 2.25 bits per heavy atom. The number of sulfone groups is 1. The second-order valence-corrected chi connectivity index (χ2v) is 9.71. The molecule has 0 aromatic heterocycles. The van der Waals surface area contributed by atoms with Crippen LogP contribution in [0.4, 0.5) is 0 Å². The molecule has 138 valence electrons. The van der Waals surface area contributed by atoms with Crippen molar-refractivity contribution in [1.29, 1.82) is 0 Å². The molecule has 2 heterocycles. The van der Waals surface area contributed by atoms with Crippen molar-refractivity contribution in [3.05, 3.63) is 0 Å². The van der Waals surface area contributed by atoms with E-state index in [0.29, 0.717) is 26.2 Å². The minimum Gasteiger partial charge on any atom is -0.341 e. The van der Waals surface area contributed by atoms with Gasteiger partial charge in [0.15, 0.2) is 0 Å². The van der Waals surface area contributed by atoms with Gasteiger partial charge in [-0.25, -0.2) is 8.42 Å². The van der Waals surface area contributed by atoms with Crippen molar-refractivity contribution in [2.45, 2.75) is 26.2 Å². The fourth-order valence-electron chi connectivity index (χ4n) is 3.55. The standard InChI is InChI=1S/C16H29N3O4S/c1-16(6-9-17(2)13-16)15(21)19-8-4-7-18(10-11-19)14(20)5-12-24(3,22)23/h4-13H2,1-3H3. The maximum absolute atomic E-state index is 12.9. The van der Waals surface area contributed by atoms with Crippen LogP contribution in [0.5, 0.6) is 0 Å². The molecule has 2 amide bonds. The molecule has 8 heteroatoms. The largest absolute Gasteiger partial charge is 0.341 e. The zero-order valence-electron chi connectivity index (χ0n) is 15.0.